The molecule has 0 aliphatic heterocycles. The van der Waals surface area contributed by atoms with Gasteiger partial charge in [-0.15, -0.1) is 0 Å². The number of halogens is 1. The third kappa shape index (κ3) is 3.11. The number of carboxylic acid groups (broad SMARTS) is 1. The maximum atomic E-state index is 10.7. The van der Waals surface area contributed by atoms with E-state index in [0.717, 1.165) is 0 Å². The van der Waals surface area contributed by atoms with Gasteiger partial charge in [0, 0.05) is 0 Å². The molecule has 0 heterocycles. The van der Waals surface area contributed by atoms with Gasteiger partial charge in [-0.05, 0) is 12.1 Å². The van der Waals surface area contributed by atoms with Gasteiger partial charge in [-0.25, -0.2) is 4.79 Å². The first-order chi connectivity index (χ1) is 7.15. The van der Waals surface area contributed by atoms with E-state index in [9.17, 15) is 9.59 Å². The van der Waals surface area contributed by atoms with E-state index < -0.39 is 16.8 Å². The number of carbonyl (C=O) groups excluding carboxylic acids is 1. The first-order valence-corrected chi connectivity index (χ1v) is 4.34. The average Bonchev–Trinajstić information content (AvgIpc) is 2.26. The van der Waals surface area contributed by atoms with Gasteiger partial charge >= 0.3 is 5.97 Å². The third-order valence-electron chi connectivity index (χ3n) is 1.48. The van der Waals surface area contributed by atoms with Gasteiger partial charge < -0.3 is 9.84 Å². The normalized spacial score (nSPS) is 11.5. The summed E-state index contributed by atoms with van der Waals surface area (Å²) in [4.78, 5) is 21.0. The highest BCUT2D eigenvalue weighted by Gasteiger charge is 2.15. The average molecular weight is 227 g/mol. The van der Waals surface area contributed by atoms with Crippen molar-refractivity contribution in [2.75, 3.05) is 0 Å². The number of carbonyl (C=O) groups is 2. The molecule has 1 aromatic rings. The maximum absolute atomic E-state index is 10.7. The van der Waals surface area contributed by atoms with Gasteiger partial charge in [-0.3, -0.25) is 4.79 Å². The number of ether oxygens (including phenoxy) is 1. The van der Waals surface area contributed by atoms with Crippen molar-refractivity contribution in [3.8, 4) is 5.75 Å². The fourth-order valence-electron chi connectivity index (χ4n) is 0.854. The molecule has 5 heteroatoms. The lowest BCUT2D eigenvalue weighted by molar-refractivity contribution is -0.135. The first-order valence-electron chi connectivity index (χ1n) is 3.96. The predicted octanol–water partition coefficient (Wildman–Crippen LogP) is 1.80. The van der Waals surface area contributed by atoms with Crippen LogP contribution in [0.25, 0.3) is 0 Å². The lowest BCUT2D eigenvalue weighted by Gasteiger charge is -2.05. The van der Waals surface area contributed by atoms with E-state index in [1.54, 1.807) is 30.3 Å². The van der Waals surface area contributed by atoms with E-state index >= 15 is 0 Å². The Hall–Kier alpha value is -1.81. The second-order valence-electron chi connectivity index (χ2n) is 2.52. The van der Waals surface area contributed by atoms with Crippen LogP contribution in [0.2, 0.25) is 0 Å². The highest BCUT2D eigenvalue weighted by molar-refractivity contribution is 6.40. The Morgan fingerprint density at radius 3 is 2.40 bits per heavy atom. The molecule has 0 spiro atoms. The quantitative estimate of drug-likeness (QED) is 0.483. The molecule has 0 saturated heterocycles. The number of carboxylic acids is 1. The summed E-state index contributed by atoms with van der Waals surface area (Å²) in [6, 6.07) is 8.20. The first kappa shape index (κ1) is 11.3. The maximum Gasteiger partial charge on any atom is 0.373 e. The monoisotopic (exact) mass is 226 g/mol. The summed E-state index contributed by atoms with van der Waals surface area (Å²) in [6.45, 7) is 0. The van der Waals surface area contributed by atoms with E-state index in [1.807, 2.05) is 0 Å². The van der Waals surface area contributed by atoms with Crippen molar-refractivity contribution in [2.24, 2.45) is 0 Å². The van der Waals surface area contributed by atoms with Gasteiger partial charge in [0.15, 0.2) is 6.29 Å². The summed E-state index contributed by atoms with van der Waals surface area (Å²) in [7, 11) is 0. The summed E-state index contributed by atoms with van der Waals surface area (Å²) in [5, 5.41) is 8.23. The summed E-state index contributed by atoms with van der Waals surface area (Å²) in [6.07, 6.45) is 0.216. The molecule has 0 aromatic heterocycles. The van der Waals surface area contributed by atoms with E-state index in [1.165, 1.54) is 0 Å². The van der Waals surface area contributed by atoms with Gasteiger partial charge in [0.1, 0.15) is 10.8 Å². The van der Waals surface area contributed by atoms with Crippen LogP contribution in [0.5, 0.6) is 5.75 Å². The second kappa shape index (κ2) is 5.17. The van der Waals surface area contributed by atoms with E-state index in [2.05, 4.69) is 0 Å². The number of aliphatic carboxylic acids is 1. The third-order valence-corrected chi connectivity index (χ3v) is 1.74. The SMILES string of the molecule is O=C/C(Cl)=C(/Oc1ccccc1)C(=O)O. The van der Waals surface area contributed by atoms with Crippen LogP contribution >= 0.6 is 11.6 Å². The van der Waals surface area contributed by atoms with Crippen molar-refractivity contribution >= 4 is 23.9 Å². The molecule has 0 bridgehead atoms. The Balaban J connectivity index is 2.96. The van der Waals surface area contributed by atoms with E-state index in [4.69, 9.17) is 21.4 Å². The zero-order chi connectivity index (χ0) is 11.3. The highest BCUT2D eigenvalue weighted by atomic mass is 35.5. The molecule has 0 unspecified atom stereocenters. The minimum absolute atomic E-state index is 0.216. The van der Waals surface area contributed by atoms with Crippen LogP contribution in [0.4, 0.5) is 0 Å². The topological polar surface area (TPSA) is 63.6 Å². The number of benzene rings is 1. The predicted molar refractivity (Wildman–Crippen MR) is 53.6 cm³/mol. The summed E-state index contributed by atoms with van der Waals surface area (Å²) < 4.78 is 4.95. The van der Waals surface area contributed by atoms with Gasteiger partial charge in [-0.1, -0.05) is 29.8 Å². The van der Waals surface area contributed by atoms with Crippen molar-refractivity contribution in [1.82, 2.24) is 0 Å². The molecule has 1 rings (SSSR count). The molecule has 15 heavy (non-hydrogen) atoms. The minimum Gasteiger partial charge on any atom is -0.475 e. The summed E-state index contributed by atoms with van der Waals surface area (Å²) in [5.74, 6) is -1.68. The molecule has 0 aliphatic rings. The molecule has 1 aromatic carbocycles. The molecule has 0 amide bonds. The highest BCUT2D eigenvalue weighted by Crippen LogP contribution is 2.16. The van der Waals surface area contributed by atoms with Crippen molar-refractivity contribution in [2.45, 2.75) is 0 Å². The van der Waals surface area contributed by atoms with Gasteiger partial charge in [0.05, 0.1) is 0 Å². The Kier molecular flexibility index (Phi) is 3.88. The smallest absolute Gasteiger partial charge is 0.373 e. The van der Waals surface area contributed by atoms with Crippen LogP contribution in [0, 0.1) is 0 Å². The lowest BCUT2D eigenvalue weighted by atomic mass is 10.3. The number of hydrogen-bond donors (Lipinski definition) is 1. The molecular weight excluding hydrogens is 220 g/mol. The van der Waals surface area contributed by atoms with Crippen molar-refractivity contribution in [3.05, 3.63) is 41.1 Å². The number of rotatable bonds is 4. The van der Waals surface area contributed by atoms with Crippen molar-refractivity contribution < 1.29 is 19.4 Å². The van der Waals surface area contributed by atoms with Crippen LogP contribution in [-0.4, -0.2) is 17.4 Å². The number of allylic oxidation sites excluding steroid dienone is 1. The van der Waals surface area contributed by atoms with Crippen LogP contribution in [0.1, 0.15) is 0 Å². The Labute approximate surface area is 90.7 Å². The largest absolute Gasteiger partial charge is 0.475 e. The Morgan fingerprint density at radius 1 is 1.33 bits per heavy atom. The molecular formula is C10H7ClO4. The summed E-state index contributed by atoms with van der Waals surface area (Å²) in [5.41, 5.74) is 0. The van der Waals surface area contributed by atoms with E-state index in [0.29, 0.717) is 5.75 Å². The zero-order valence-electron chi connectivity index (χ0n) is 7.51. The Bertz CT molecular complexity index is 397. The van der Waals surface area contributed by atoms with Gasteiger partial charge in [0.2, 0.25) is 5.76 Å². The van der Waals surface area contributed by atoms with Gasteiger partial charge in [0.25, 0.3) is 0 Å². The van der Waals surface area contributed by atoms with E-state index in [-0.39, 0.29) is 6.29 Å². The number of hydrogen-bond acceptors (Lipinski definition) is 3. The lowest BCUT2D eigenvalue weighted by Crippen LogP contribution is -2.10. The summed E-state index contributed by atoms with van der Waals surface area (Å²) >= 11 is 5.38. The standard InChI is InChI=1S/C10H7ClO4/c11-8(6-12)9(10(13)14)15-7-4-2-1-3-5-7/h1-6H,(H,13,14)/b9-8-. The van der Waals surface area contributed by atoms with Crippen LogP contribution < -0.4 is 4.74 Å². The fourth-order valence-corrected chi connectivity index (χ4v) is 0.974. The molecule has 78 valence electrons. The molecule has 0 atom stereocenters. The molecule has 0 radical (unpaired) electrons. The Morgan fingerprint density at radius 2 is 1.93 bits per heavy atom. The number of para-hydroxylation sites is 1. The number of aldehydes is 1. The van der Waals surface area contributed by atoms with Crippen molar-refractivity contribution in [3.63, 3.8) is 0 Å². The van der Waals surface area contributed by atoms with Crippen molar-refractivity contribution in [1.29, 1.82) is 0 Å². The van der Waals surface area contributed by atoms with Crippen LogP contribution in [0.15, 0.2) is 41.1 Å². The fraction of sp³-hybridized carbons (Fsp3) is 0. The van der Waals surface area contributed by atoms with Gasteiger partial charge in [-0.2, -0.15) is 0 Å². The minimum atomic E-state index is -1.39. The molecule has 0 aliphatic carbocycles. The molecule has 1 N–H and O–H groups in total. The van der Waals surface area contributed by atoms with Crippen LogP contribution in [0.3, 0.4) is 0 Å². The second-order valence-corrected chi connectivity index (χ2v) is 2.92. The van der Waals surface area contributed by atoms with Crippen LogP contribution in [-0.2, 0) is 9.59 Å². The molecule has 4 nitrogen and oxygen atoms in total. The molecule has 0 fully saturated rings. The zero-order valence-corrected chi connectivity index (χ0v) is 8.27. The molecule has 0 saturated carbocycles.